The van der Waals surface area contributed by atoms with E-state index in [1.807, 2.05) is 24.8 Å². The molecule has 0 aliphatic carbocycles. The molecule has 90 valence electrons. The zero-order valence-corrected chi connectivity index (χ0v) is 9.78. The summed E-state index contributed by atoms with van der Waals surface area (Å²) >= 11 is 0. The number of benzene rings is 1. The van der Waals surface area contributed by atoms with Crippen LogP contribution in [0.3, 0.4) is 0 Å². The zero-order valence-electron chi connectivity index (χ0n) is 9.78. The Kier molecular flexibility index (Phi) is 4.71. The van der Waals surface area contributed by atoms with Crippen molar-refractivity contribution in [3.8, 4) is 0 Å². The maximum absolute atomic E-state index is 13.5. The average Bonchev–Trinajstić information content (AvgIpc) is 2.25. The summed E-state index contributed by atoms with van der Waals surface area (Å²) in [7, 11) is 0. The van der Waals surface area contributed by atoms with Crippen LogP contribution in [0.5, 0.6) is 0 Å². The molecule has 0 radical (unpaired) electrons. The predicted octanol–water partition coefficient (Wildman–Crippen LogP) is 1.49. The van der Waals surface area contributed by atoms with Crippen molar-refractivity contribution in [3.63, 3.8) is 0 Å². The second-order valence-electron chi connectivity index (χ2n) is 3.99. The van der Waals surface area contributed by atoms with E-state index < -0.39 is 0 Å². The number of hydrogen-bond acceptors (Lipinski definition) is 3. The van der Waals surface area contributed by atoms with Gasteiger partial charge in [-0.1, -0.05) is 6.07 Å². The molecule has 1 aromatic carbocycles. The lowest BCUT2D eigenvalue weighted by molar-refractivity contribution is 0.299. The first-order chi connectivity index (χ1) is 7.60. The first-order valence-corrected chi connectivity index (χ1v) is 5.46. The van der Waals surface area contributed by atoms with Crippen LogP contribution in [0.15, 0.2) is 18.2 Å². The molecule has 0 bridgehead atoms. The number of aliphatic hydroxyl groups excluding tert-OH is 1. The van der Waals surface area contributed by atoms with Gasteiger partial charge in [0.25, 0.3) is 0 Å². The van der Waals surface area contributed by atoms with Gasteiger partial charge in [0.1, 0.15) is 5.82 Å². The molecule has 3 nitrogen and oxygen atoms in total. The van der Waals surface area contributed by atoms with Crippen LogP contribution in [0.25, 0.3) is 0 Å². The van der Waals surface area contributed by atoms with Gasteiger partial charge < -0.3 is 15.7 Å². The molecular weight excluding hydrogens is 207 g/mol. The van der Waals surface area contributed by atoms with Gasteiger partial charge in [0.15, 0.2) is 0 Å². The lowest BCUT2D eigenvalue weighted by Crippen LogP contribution is -2.33. The smallest absolute Gasteiger partial charge is 0.129 e. The van der Waals surface area contributed by atoms with Crippen LogP contribution in [0.4, 0.5) is 10.1 Å². The van der Waals surface area contributed by atoms with Crippen LogP contribution in [-0.4, -0.2) is 24.3 Å². The molecule has 0 fully saturated rings. The molecule has 0 atom stereocenters. The third kappa shape index (κ3) is 2.93. The number of hydrogen-bond donors (Lipinski definition) is 2. The Morgan fingerprint density at radius 1 is 1.44 bits per heavy atom. The number of nitrogens with zero attached hydrogens (tertiary/aromatic N) is 1. The summed E-state index contributed by atoms with van der Waals surface area (Å²) in [5.74, 6) is -0.288. The SMILES string of the molecule is CC(C)N(CCO)c1ccc(CN)c(F)c1. The van der Waals surface area contributed by atoms with Gasteiger partial charge in [-0.05, 0) is 26.0 Å². The third-order valence-electron chi connectivity index (χ3n) is 2.55. The van der Waals surface area contributed by atoms with Crippen molar-refractivity contribution in [2.24, 2.45) is 5.73 Å². The fourth-order valence-electron chi connectivity index (χ4n) is 1.67. The normalized spacial score (nSPS) is 10.9. The van der Waals surface area contributed by atoms with Gasteiger partial charge in [0.2, 0.25) is 0 Å². The summed E-state index contributed by atoms with van der Waals surface area (Å²) in [6, 6.07) is 5.21. The lowest BCUT2D eigenvalue weighted by Gasteiger charge is -2.28. The van der Waals surface area contributed by atoms with Crippen molar-refractivity contribution >= 4 is 5.69 Å². The number of nitrogens with two attached hydrogens (primary N) is 1. The summed E-state index contributed by atoms with van der Waals surface area (Å²) in [5.41, 5.74) is 6.69. The molecule has 1 aromatic rings. The maximum Gasteiger partial charge on any atom is 0.129 e. The van der Waals surface area contributed by atoms with Crippen LogP contribution in [0.1, 0.15) is 19.4 Å². The number of rotatable bonds is 5. The molecule has 0 aromatic heterocycles. The van der Waals surface area contributed by atoms with Crippen LogP contribution < -0.4 is 10.6 Å². The van der Waals surface area contributed by atoms with Crippen LogP contribution >= 0.6 is 0 Å². The van der Waals surface area contributed by atoms with E-state index in [0.29, 0.717) is 12.1 Å². The number of halogens is 1. The van der Waals surface area contributed by atoms with Crippen molar-refractivity contribution in [1.82, 2.24) is 0 Å². The van der Waals surface area contributed by atoms with Gasteiger partial charge in [-0.25, -0.2) is 4.39 Å². The quantitative estimate of drug-likeness (QED) is 0.799. The Labute approximate surface area is 95.7 Å². The van der Waals surface area contributed by atoms with Crippen molar-refractivity contribution in [2.45, 2.75) is 26.4 Å². The first kappa shape index (κ1) is 12.9. The summed E-state index contributed by atoms with van der Waals surface area (Å²) in [5, 5.41) is 8.96. The molecule has 3 N–H and O–H groups in total. The molecule has 0 aliphatic heterocycles. The summed E-state index contributed by atoms with van der Waals surface area (Å²) in [6.07, 6.45) is 0. The Morgan fingerprint density at radius 2 is 2.12 bits per heavy atom. The van der Waals surface area contributed by atoms with Gasteiger partial charge >= 0.3 is 0 Å². The lowest BCUT2D eigenvalue weighted by atomic mass is 10.1. The summed E-state index contributed by atoms with van der Waals surface area (Å²) in [6.45, 7) is 4.76. The Bertz CT molecular complexity index is 342. The first-order valence-electron chi connectivity index (χ1n) is 5.46. The molecule has 16 heavy (non-hydrogen) atoms. The second kappa shape index (κ2) is 5.82. The Morgan fingerprint density at radius 3 is 2.56 bits per heavy atom. The van der Waals surface area contributed by atoms with Gasteiger partial charge in [-0.3, -0.25) is 0 Å². The molecule has 0 amide bonds. The van der Waals surface area contributed by atoms with E-state index in [-0.39, 0.29) is 25.0 Å². The van der Waals surface area contributed by atoms with E-state index >= 15 is 0 Å². The van der Waals surface area contributed by atoms with Gasteiger partial charge in [0, 0.05) is 30.4 Å². The van der Waals surface area contributed by atoms with Crippen LogP contribution in [0, 0.1) is 5.82 Å². The van der Waals surface area contributed by atoms with Crippen molar-refractivity contribution in [2.75, 3.05) is 18.1 Å². The van der Waals surface area contributed by atoms with Crippen LogP contribution in [0.2, 0.25) is 0 Å². The van der Waals surface area contributed by atoms with E-state index in [4.69, 9.17) is 10.8 Å². The Hall–Kier alpha value is -1.13. The van der Waals surface area contributed by atoms with Crippen molar-refractivity contribution < 1.29 is 9.50 Å². The van der Waals surface area contributed by atoms with E-state index in [1.165, 1.54) is 6.07 Å². The number of anilines is 1. The molecule has 1 rings (SSSR count). The molecule has 4 heteroatoms. The highest BCUT2D eigenvalue weighted by atomic mass is 19.1. The van der Waals surface area contributed by atoms with E-state index in [0.717, 1.165) is 5.69 Å². The third-order valence-corrected chi connectivity index (χ3v) is 2.55. The fraction of sp³-hybridized carbons (Fsp3) is 0.500. The fourth-order valence-corrected chi connectivity index (χ4v) is 1.67. The van der Waals surface area contributed by atoms with Crippen molar-refractivity contribution in [1.29, 1.82) is 0 Å². The van der Waals surface area contributed by atoms with Gasteiger partial charge in [-0.2, -0.15) is 0 Å². The molecule has 0 heterocycles. The summed E-state index contributed by atoms with van der Waals surface area (Å²) < 4.78 is 13.5. The molecule has 0 spiro atoms. The van der Waals surface area contributed by atoms with E-state index in [1.54, 1.807) is 6.07 Å². The zero-order chi connectivity index (χ0) is 12.1. The maximum atomic E-state index is 13.5. The monoisotopic (exact) mass is 226 g/mol. The minimum absolute atomic E-state index is 0.0540. The number of aliphatic hydroxyl groups is 1. The highest BCUT2D eigenvalue weighted by Crippen LogP contribution is 2.20. The minimum Gasteiger partial charge on any atom is -0.395 e. The molecular formula is C12H19FN2O. The molecule has 0 unspecified atom stereocenters. The average molecular weight is 226 g/mol. The minimum atomic E-state index is -0.288. The standard InChI is InChI=1S/C12H19FN2O/c1-9(2)15(5-6-16)11-4-3-10(8-14)12(13)7-11/h3-4,7,9,16H,5-6,8,14H2,1-2H3. The van der Waals surface area contributed by atoms with Crippen LogP contribution in [-0.2, 0) is 6.54 Å². The van der Waals surface area contributed by atoms with E-state index in [9.17, 15) is 4.39 Å². The topological polar surface area (TPSA) is 49.5 Å². The second-order valence-corrected chi connectivity index (χ2v) is 3.99. The van der Waals surface area contributed by atoms with E-state index in [2.05, 4.69) is 0 Å². The molecule has 0 aliphatic rings. The molecule has 0 saturated carbocycles. The predicted molar refractivity (Wildman–Crippen MR) is 63.9 cm³/mol. The van der Waals surface area contributed by atoms with Gasteiger partial charge in [0.05, 0.1) is 6.61 Å². The Balaban J connectivity index is 2.97. The largest absolute Gasteiger partial charge is 0.395 e. The van der Waals surface area contributed by atoms with Gasteiger partial charge in [-0.15, -0.1) is 0 Å². The summed E-state index contributed by atoms with van der Waals surface area (Å²) in [4.78, 5) is 1.95. The highest BCUT2D eigenvalue weighted by molar-refractivity contribution is 5.49. The van der Waals surface area contributed by atoms with Crippen molar-refractivity contribution in [3.05, 3.63) is 29.6 Å². The highest BCUT2D eigenvalue weighted by Gasteiger charge is 2.11. The molecule has 0 saturated heterocycles.